The van der Waals surface area contributed by atoms with E-state index in [2.05, 4.69) is 62.9 Å². The van der Waals surface area contributed by atoms with Crippen molar-refractivity contribution in [1.82, 2.24) is 14.4 Å². The molecule has 0 saturated carbocycles. The zero-order chi connectivity index (χ0) is 14.5. The predicted octanol–water partition coefficient (Wildman–Crippen LogP) is 4.21. The Bertz CT molecular complexity index is 1180. The summed E-state index contributed by atoms with van der Waals surface area (Å²) in [5.74, 6) is 0. The van der Waals surface area contributed by atoms with Crippen molar-refractivity contribution in [2.45, 2.75) is 0 Å². The summed E-state index contributed by atoms with van der Waals surface area (Å²) in [6, 6.07) is 17.1. The molecule has 0 amide bonds. The largest absolute Gasteiger partial charge is 0.366 e. The minimum Gasteiger partial charge on any atom is -0.366 e. The van der Waals surface area contributed by atoms with Crippen LogP contribution in [0.25, 0.3) is 27.5 Å². The second-order valence-electron chi connectivity index (χ2n) is 5.50. The lowest BCUT2D eigenvalue weighted by molar-refractivity contribution is 1.04. The van der Waals surface area contributed by atoms with Crippen molar-refractivity contribution in [3.05, 3.63) is 83.9 Å². The molecule has 2 aromatic rings. The van der Waals surface area contributed by atoms with Gasteiger partial charge in [0.15, 0.2) is 0 Å². The maximum atomic E-state index is 4.58. The highest BCUT2D eigenvalue weighted by Gasteiger charge is 2.08. The summed E-state index contributed by atoms with van der Waals surface area (Å²) in [5.41, 5.74) is 3.33. The molecule has 1 N–H and O–H groups in total. The monoisotopic (exact) mass is 283 g/mol. The summed E-state index contributed by atoms with van der Waals surface area (Å²) in [7, 11) is 0. The van der Waals surface area contributed by atoms with Crippen LogP contribution in [0.15, 0.2) is 73.3 Å². The van der Waals surface area contributed by atoms with Crippen LogP contribution in [0, 0.1) is 10.6 Å². The lowest BCUT2D eigenvalue weighted by atomic mass is 10.1. The van der Waals surface area contributed by atoms with Crippen LogP contribution in [0.4, 0.5) is 0 Å². The number of nitrogens with one attached hydrogen (secondary N) is 1. The number of aromatic amines is 1. The van der Waals surface area contributed by atoms with Gasteiger partial charge in [-0.1, -0.05) is 30.3 Å². The van der Waals surface area contributed by atoms with Crippen molar-refractivity contribution in [2.75, 3.05) is 0 Å². The number of hydrogen-bond donors (Lipinski definition) is 1. The Balaban J connectivity index is 2.34. The van der Waals surface area contributed by atoms with E-state index < -0.39 is 0 Å². The van der Waals surface area contributed by atoms with Gasteiger partial charge in [0.25, 0.3) is 0 Å². The highest BCUT2D eigenvalue weighted by atomic mass is 14.9. The lowest BCUT2D eigenvalue weighted by Crippen LogP contribution is -1.95. The summed E-state index contributed by atoms with van der Waals surface area (Å²) in [4.78, 5) is 7.77. The van der Waals surface area contributed by atoms with Gasteiger partial charge in [-0.3, -0.25) is 4.98 Å². The summed E-state index contributed by atoms with van der Waals surface area (Å²) in [5, 5.41) is 4.84. The van der Waals surface area contributed by atoms with Crippen LogP contribution in [0.3, 0.4) is 0 Å². The number of rotatable bonds is 0. The van der Waals surface area contributed by atoms with E-state index in [1.54, 1.807) is 0 Å². The summed E-state index contributed by atoms with van der Waals surface area (Å²) in [6.45, 7) is 0. The highest BCUT2D eigenvalue weighted by molar-refractivity contribution is 5.77. The summed E-state index contributed by atoms with van der Waals surface area (Å²) < 4.78 is 2.23. The van der Waals surface area contributed by atoms with E-state index in [4.69, 9.17) is 0 Å². The second-order valence-corrected chi connectivity index (χ2v) is 5.50. The zero-order valence-corrected chi connectivity index (χ0v) is 11.8. The number of hydrogen-bond acceptors (Lipinski definition) is 1. The molecule has 5 rings (SSSR count). The van der Waals surface area contributed by atoms with Gasteiger partial charge in [-0.15, -0.1) is 0 Å². The molecule has 1 aromatic carbocycles. The standard InChI is InChI=1S/C19H13N3/c1-3-13-4-2-6-16-19-18(13)15(5-1)11-14-7-8-20-12-17(14)22(19)10-9-21-16/h1-12,20H. The van der Waals surface area contributed by atoms with Crippen LogP contribution >= 0.6 is 0 Å². The molecule has 3 aliphatic rings. The van der Waals surface area contributed by atoms with Crippen LogP contribution in [0.1, 0.15) is 0 Å². The van der Waals surface area contributed by atoms with Crippen LogP contribution < -0.4 is 0 Å². The second kappa shape index (κ2) is 4.21. The van der Waals surface area contributed by atoms with Gasteiger partial charge in [0.2, 0.25) is 0 Å². The third-order valence-corrected chi connectivity index (χ3v) is 4.25. The molecule has 2 aliphatic heterocycles. The lowest BCUT2D eigenvalue weighted by Gasteiger charge is -2.06. The van der Waals surface area contributed by atoms with Crippen molar-refractivity contribution < 1.29 is 0 Å². The fraction of sp³-hybridized carbons (Fsp3) is 0. The molecule has 0 atom stereocenters. The maximum Gasteiger partial charge on any atom is 0.0877 e. The minimum atomic E-state index is 0.995. The molecule has 0 fully saturated rings. The van der Waals surface area contributed by atoms with Gasteiger partial charge < -0.3 is 9.38 Å². The van der Waals surface area contributed by atoms with Crippen molar-refractivity contribution in [1.29, 1.82) is 0 Å². The predicted molar refractivity (Wildman–Crippen MR) is 87.8 cm³/mol. The first kappa shape index (κ1) is 11.6. The van der Waals surface area contributed by atoms with Crippen LogP contribution in [0.2, 0.25) is 0 Å². The third-order valence-electron chi connectivity index (χ3n) is 4.25. The van der Waals surface area contributed by atoms with Gasteiger partial charge in [-0.25, -0.2) is 0 Å². The van der Waals surface area contributed by atoms with Crippen molar-refractivity contribution in [3.8, 4) is 11.3 Å². The number of H-pyrrole nitrogens is 1. The molecule has 0 unspecified atom stereocenters. The summed E-state index contributed by atoms with van der Waals surface area (Å²) >= 11 is 0. The quantitative estimate of drug-likeness (QED) is 0.454. The molecule has 22 heavy (non-hydrogen) atoms. The molecule has 0 spiro atoms. The first-order valence-corrected chi connectivity index (χ1v) is 7.32. The number of aromatic nitrogens is 3. The smallest absolute Gasteiger partial charge is 0.0877 e. The molecule has 1 aromatic heterocycles. The fourth-order valence-electron chi connectivity index (χ4n) is 3.31. The van der Waals surface area contributed by atoms with E-state index in [0.717, 1.165) is 16.6 Å². The topological polar surface area (TPSA) is 33.1 Å². The number of pyridine rings is 1. The number of nitrogens with zero attached hydrogens (tertiary/aromatic N) is 2. The van der Waals surface area contributed by atoms with Gasteiger partial charge in [0, 0.05) is 35.6 Å². The minimum absolute atomic E-state index is 0.995. The zero-order valence-electron chi connectivity index (χ0n) is 11.8. The highest BCUT2D eigenvalue weighted by Crippen LogP contribution is 2.25. The molecule has 3 heteroatoms. The van der Waals surface area contributed by atoms with Crippen molar-refractivity contribution in [2.24, 2.45) is 0 Å². The molecule has 104 valence electrons. The Labute approximate surface area is 126 Å². The molecule has 1 aliphatic carbocycles. The van der Waals surface area contributed by atoms with Gasteiger partial charge in [0.1, 0.15) is 0 Å². The molecular formula is C19H13N3. The van der Waals surface area contributed by atoms with Gasteiger partial charge in [-0.05, 0) is 29.0 Å². The van der Waals surface area contributed by atoms with E-state index >= 15 is 0 Å². The number of fused-ring (bicyclic) bond motifs is 2. The van der Waals surface area contributed by atoms with E-state index in [9.17, 15) is 0 Å². The van der Waals surface area contributed by atoms with E-state index in [1.807, 2.05) is 24.8 Å². The molecule has 3 nitrogen and oxygen atoms in total. The first-order valence-electron chi connectivity index (χ1n) is 7.32. The van der Waals surface area contributed by atoms with Crippen molar-refractivity contribution >= 4 is 16.3 Å². The average molecular weight is 283 g/mol. The Hall–Kier alpha value is -3.07. The SMILES string of the molecule is c1cc2cccc3nccn4c5c[nH]ccc-5cc(c1)c2=c34. The van der Waals surface area contributed by atoms with Crippen LogP contribution in [-0.2, 0) is 0 Å². The third kappa shape index (κ3) is 1.48. The van der Waals surface area contributed by atoms with Crippen LogP contribution in [0.5, 0.6) is 0 Å². The van der Waals surface area contributed by atoms with E-state index in [1.165, 1.54) is 21.6 Å². The van der Waals surface area contributed by atoms with Gasteiger partial charge in [0.05, 0.1) is 16.6 Å². The van der Waals surface area contributed by atoms with E-state index in [-0.39, 0.29) is 0 Å². The maximum absolute atomic E-state index is 4.58. The number of benzene rings is 1. The fourth-order valence-corrected chi connectivity index (χ4v) is 3.31. The van der Waals surface area contributed by atoms with Crippen molar-refractivity contribution in [3.63, 3.8) is 0 Å². The Morgan fingerprint density at radius 2 is 1.82 bits per heavy atom. The first-order chi connectivity index (χ1) is 10.9. The molecular weight excluding hydrogens is 270 g/mol. The molecule has 0 saturated heterocycles. The van der Waals surface area contributed by atoms with Gasteiger partial charge in [-0.2, -0.15) is 0 Å². The Kier molecular flexibility index (Phi) is 2.22. The molecule has 3 heterocycles. The Morgan fingerprint density at radius 1 is 0.955 bits per heavy atom. The van der Waals surface area contributed by atoms with E-state index in [0.29, 0.717) is 0 Å². The van der Waals surface area contributed by atoms with Gasteiger partial charge >= 0.3 is 0 Å². The Morgan fingerprint density at radius 3 is 2.77 bits per heavy atom. The normalized spacial score (nSPS) is 11.6. The average Bonchev–Trinajstić information content (AvgIpc) is 2.83. The molecule has 0 radical (unpaired) electrons. The van der Waals surface area contributed by atoms with Crippen LogP contribution in [-0.4, -0.2) is 14.4 Å². The molecule has 0 bridgehead atoms. The summed E-state index contributed by atoms with van der Waals surface area (Å²) in [6.07, 6.45) is 7.89.